The molecule has 1 rings (SSSR count). The maximum atomic E-state index is 6.37. The summed E-state index contributed by atoms with van der Waals surface area (Å²) >= 11 is 6.37. The van der Waals surface area contributed by atoms with Crippen LogP contribution in [-0.2, 0) is 20.0 Å². The quantitative estimate of drug-likeness (QED) is 0.741. The molecule has 1 unspecified atom stereocenters. The lowest BCUT2D eigenvalue weighted by Crippen LogP contribution is -2.29. The molecule has 3 nitrogen and oxygen atoms in total. The van der Waals surface area contributed by atoms with Gasteiger partial charge in [0.05, 0.1) is 16.4 Å². The smallest absolute Gasteiger partial charge is 0.0863 e. The van der Waals surface area contributed by atoms with Crippen molar-refractivity contribution < 1.29 is 0 Å². The summed E-state index contributed by atoms with van der Waals surface area (Å²) in [4.78, 5) is 0. The first kappa shape index (κ1) is 16.5. The third kappa shape index (κ3) is 4.81. The molecule has 0 aliphatic heterocycles. The Morgan fingerprint density at radius 1 is 1.21 bits per heavy atom. The van der Waals surface area contributed by atoms with Gasteiger partial charge in [-0.25, -0.2) is 0 Å². The van der Waals surface area contributed by atoms with Gasteiger partial charge in [0.2, 0.25) is 0 Å². The fourth-order valence-electron chi connectivity index (χ4n) is 2.40. The van der Waals surface area contributed by atoms with E-state index in [-0.39, 0.29) is 0 Å². The van der Waals surface area contributed by atoms with Crippen LogP contribution in [0.15, 0.2) is 0 Å². The van der Waals surface area contributed by atoms with Crippen LogP contribution in [0.2, 0.25) is 5.02 Å². The lowest BCUT2D eigenvalue weighted by molar-refractivity contribution is 0.427. The van der Waals surface area contributed by atoms with E-state index in [1.807, 2.05) is 11.7 Å². The molecule has 0 bridgehead atoms. The van der Waals surface area contributed by atoms with Crippen molar-refractivity contribution in [1.29, 1.82) is 0 Å². The van der Waals surface area contributed by atoms with Crippen molar-refractivity contribution in [3.63, 3.8) is 0 Å². The molecule has 1 aromatic rings. The van der Waals surface area contributed by atoms with Crippen molar-refractivity contribution in [1.82, 2.24) is 15.1 Å². The molecule has 0 amide bonds. The van der Waals surface area contributed by atoms with Gasteiger partial charge in [0, 0.05) is 19.6 Å². The zero-order valence-corrected chi connectivity index (χ0v) is 13.6. The van der Waals surface area contributed by atoms with E-state index in [4.69, 9.17) is 11.6 Å². The van der Waals surface area contributed by atoms with Gasteiger partial charge in [-0.3, -0.25) is 4.68 Å². The molecule has 1 aromatic heterocycles. The monoisotopic (exact) mass is 285 g/mol. The molecule has 0 aromatic carbocycles. The standard InChI is InChI=1S/C15H28ClN3/c1-5-8-10-12(9-6-2)17-11-14-15(16)13(7-3)18-19(14)4/h12,17H,5-11H2,1-4H3. The second kappa shape index (κ2) is 8.60. The van der Waals surface area contributed by atoms with Crippen LogP contribution in [0.4, 0.5) is 0 Å². The van der Waals surface area contributed by atoms with Crippen LogP contribution in [0.3, 0.4) is 0 Å². The molecule has 0 saturated heterocycles. The summed E-state index contributed by atoms with van der Waals surface area (Å²) in [5.74, 6) is 0. The molecule has 0 fully saturated rings. The third-order valence-electron chi connectivity index (χ3n) is 3.60. The molecule has 4 heteroatoms. The van der Waals surface area contributed by atoms with Gasteiger partial charge in [0.25, 0.3) is 0 Å². The van der Waals surface area contributed by atoms with Gasteiger partial charge in [-0.2, -0.15) is 5.10 Å². The number of nitrogens with zero attached hydrogens (tertiary/aromatic N) is 2. The normalized spacial score (nSPS) is 12.9. The lowest BCUT2D eigenvalue weighted by Gasteiger charge is -2.18. The van der Waals surface area contributed by atoms with Gasteiger partial charge < -0.3 is 5.32 Å². The van der Waals surface area contributed by atoms with Crippen LogP contribution in [-0.4, -0.2) is 15.8 Å². The Morgan fingerprint density at radius 2 is 1.95 bits per heavy atom. The number of unbranched alkanes of at least 4 members (excludes halogenated alkanes) is 1. The molecule has 19 heavy (non-hydrogen) atoms. The zero-order valence-electron chi connectivity index (χ0n) is 12.8. The summed E-state index contributed by atoms with van der Waals surface area (Å²) in [7, 11) is 1.98. The summed E-state index contributed by atoms with van der Waals surface area (Å²) in [5, 5.41) is 8.94. The van der Waals surface area contributed by atoms with Crippen molar-refractivity contribution in [3.05, 3.63) is 16.4 Å². The number of hydrogen-bond donors (Lipinski definition) is 1. The van der Waals surface area contributed by atoms with Crippen LogP contribution < -0.4 is 5.32 Å². The summed E-state index contributed by atoms with van der Waals surface area (Å²) in [6.07, 6.45) is 7.14. The minimum atomic E-state index is 0.598. The number of aryl methyl sites for hydroxylation is 2. The minimum Gasteiger partial charge on any atom is -0.308 e. The van der Waals surface area contributed by atoms with Gasteiger partial charge in [0.15, 0.2) is 0 Å². The van der Waals surface area contributed by atoms with Gasteiger partial charge in [-0.1, -0.05) is 51.6 Å². The number of halogens is 1. The average molecular weight is 286 g/mol. The Bertz CT molecular complexity index is 374. The van der Waals surface area contributed by atoms with E-state index in [1.165, 1.54) is 32.1 Å². The molecular formula is C15H28ClN3. The molecule has 1 heterocycles. The molecule has 0 aliphatic rings. The van der Waals surface area contributed by atoms with Crippen LogP contribution in [0.5, 0.6) is 0 Å². The Balaban J connectivity index is 2.60. The second-order valence-corrected chi connectivity index (χ2v) is 5.57. The van der Waals surface area contributed by atoms with E-state index in [1.54, 1.807) is 0 Å². The van der Waals surface area contributed by atoms with Crippen molar-refractivity contribution in [2.24, 2.45) is 7.05 Å². The van der Waals surface area contributed by atoms with Gasteiger partial charge >= 0.3 is 0 Å². The lowest BCUT2D eigenvalue weighted by atomic mass is 10.1. The summed E-state index contributed by atoms with van der Waals surface area (Å²) in [6, 6.07) is 0.598. The largest absolute Gasteiger partial charge is 0.308 e. The first-order valence-electron chi connectivity index (χ1n) is 7.57. The minimum absolute atomic E-state index is 0.598. The van der Waals surface area contributed by atoms with E-state index >= 15 is 0 Å². The fraction of sp³-hybridized carbons (Fsp3) is 0.800. The number of hydrogen-bond acceptors (Lipinski definition) is 2. The highest BCUT2D eigenvalue weighted by molar-refractivity contribution is 6.31. The van der Waals surface area contributed by atoms with E-state index < -0.39 is 0 Å². The Morgan fingerprint density at radius 3 is 2.47 bits per heavy atom. The third-order valence-corrected chi connectivity index (χ3v) is 4.04. The molecule has 0 saturated carbocycles. The summed E-state index contributed by atoms with van der Waals surface area (Å²) in [6.45, 7) is 7.39. The number of nitrogens with one attached hydrogen (secondary N) is 1. The highest BCUT2D eigenvalue weighted by Gasteiger charge is 2.14. The Hall–Kier alpha value is -0.540. The molecule has 1 atom stereocenters. The van der Waals surface area contributed by atoms with Gasteiger partial charge in [-0.05, 0) is 19.3 Å². The highest BCUT2D eigenvalue weighted by atomic mass is 35.5. The molecule has 0 radical (unpaired) electrons. The van der Waals surface area contributed by atoms with Gasteiger partial charge in [0.1, 0.15) is 0 Å². The molecule has 0 aliphatic carbocycles. The van der Waals surface area contributed by atoms with E-state index in [0.717, 1.165) is 29.4 Å². The zero-order chi connectivity index (χ0) is 14.3. The van der Waals surface area contributed by atoms with E-state index in [2.05, 4.69) is 31.2 Å². The molecule has 1 N–H and O–H groups in total. The van der Waals surface area contributed by atoms with Crippen molar-refractivity contribution >= 4 is 11.6 Å². The first-order chi connectivity index (χ1) is 9.13. The number of rotatable bonds is 9. The summed E-state index contributed by atoms with van der Waals surface area (Å²) in [5.41, 5.74) is 2.11. The first-order valence-corrected chi connectivity index (χ1v) is 7.95. The van der Waals surface area contributed by atoms with Crippen LogP contribution in [0, 0.1) is 0 Å². The molecule has 110 valence electrons. The van der Waals surface area contributed by atoms with Crippen LogP contribution >= 0.6 is 11.6 Å². The Kier molecular flexibility index (Phi) is 7.47. The average Bonchev–Trinajstić information content (AvgIpc) is 2.68. The van der Waals surface area contributed by atoms with Crippen molar-refractivity contribution in [2.45, 2.75) is 71.9 Å². The van der Waals surface area contributed by atoms with E-state index in [9.17, 15) is 0 Å². The maximum Gasteiger partial charge on any atom is 0.0863 e. The topological polar surface area (TPSA) is 29.9 Å². The van der Waals surface area contributed by atoms with Crippen LogP contribution in [0.25, 0.3) is 0 Å². The van der Waals surface area contributed by atoms with Crippen molar-refractivity contribution in [3.8, 4) is 0 Å². The summed E-state index contributed by atoms with van der Waals surface area (Å²) < 4.78 is 1.91. The van der Waals surface area contributed by atoms with Crippen molar-refractivity contribution in [2.75, 3.05) is 0 Å². The fourth-order valence-corrected chi connectivity index (χ4v) is 2.76. The maximum absolute atomic E-state index is 6.37. The predicted octanol–water partition coefficient (Wildman–Crippen LogP) is 4.08. The molecule has 0 spiro atoms. The second-order valence-electron chi connectivity index (χ2n) is 5.19. The van der Waals surface area contributed by atoms with E-state index in [0.29, 0.717) is 6.04 Å². The SMILES string of the molecule is CCCCC(CCC)NCc1c(Cl)c(CC)nn1C. The van der Waals surface area contributed by atoms with Crippen LogP contribution in [0.1, 0.15) is 64.3 Å². The number of aromatic nitrogens is 2. The predicted molar refractivity (Wildman–Crippen MR) is 82.7 cm³/mol. The molecular weight excluding hydrogens is 258 g/mol. The Labute approximate surface area is 122 Å². The highest BCUT2D eigenvalue weighted by Crippen LogP contribution is 2.21. The van der Waals surface area contributed by atoms with Gasteiger partial charge in [-0.15, -0.1) is 0 Å².